The van der Waals surface area contributed by atoms with Gasteiger partial charge in [0.05, 0.1) is 16.3 Å². The maximum atomic E-state index is 12.7. The highest BCUT2D eigenvalue weighted by atomic mass is 35.5. The van der Waals surface area contributed by atoms with Gasteiger partial charge in [0.15, 0.2) is 0 Å². The number of aromatic nitrogens is 1. The summed E-state index contributed by atoms with van der Waals surface area (Å²) in [5.41, 5.74) is 1.91. The van der Waals surface area contributed by atoms with E-state index in [1.165, 1.54) is 0 Å². The summed E-state index contributed by atoms with van der Waals surface area (Å²) in [7, 11) is 0. The second kappa shape index (κ2) is 10.5. The Kier molecular flexibility index (Phi) is 7.22. The van der Waals surface area contributed by atoms with Crippen LogP contribution in [0.2, 0.25) is 5.02 Å². The minimum Gasteiger partial charge on any atom is -0.354 e. The highest BCUT2D eigenvalue weighted by Crippen LogP contribution is 2.26. The lowest BCUT2D eigenvalue weighted by molar-refractivity contribution is 0.101. The first kappa shape index (κ1) is 22.8. The molecule has 170 valence electrons. The van der Waals surface area contributed by atoms with Crippen LogP contribution in [-0.4, -0.2) is 54.4 Å². The minimum absolute atomic E-state index is 0.277. The first-order chi connectivity index (χ1) is 16.0. The van der Waals surface area contributed by atoms with Crippen molar-refractivity contribution >= 4 is 40.6 Å². The molecule has 1 saturated heterocycles. The average Bonchev–Trinajstić information content (AvgIpc) is 2.86. The number of amides is 2. The molecule has 3 aromatic rings. The Morgan fingerprint density at radius 1 is 0.909 bits per heavy atom. The van der Waals surface area contributed by atoms with Crippen LogP contribution in [0.15, 0.2) is 66.9 Å². The molecule has 2 amide bonds. The third-order valence-electron chi connectivity index (χ3n) is 5.66. The molecule has 0 atom stereocenters. The molecule has 0 saturated carbocycles. The van der Waals surface area contributed by atoms with Crippen molar-refractivity contribution < 1.29 is 9.59 Å². The number of benzene rings is 2. The molecule has 8 heteroatoms. The number of hydrogen-bond donors (Lipinski definition) is 2. The summed E-state index contributed by atoms with van der Waals surface area (Å²) in [6, 6.07) is 17.5. The Bertz CT molecular complexity index is 1110. The fraction of sp³-hybridized carbons (Fsp3) is 0.240. The molecular weight excluding hydrogens is 438 g/mol. The fourth-order valence-electron chi connectivity index (χ4n) is 3.69. The van der Waals surface area contributed by atoms with Gasteiger partial charge in [0.1, 0.15) is 5.82 Å². The second-order valence-corrected chi connectivity index (χ2v) is 8.20. The highest BCUT2D eigenvalue weighted by Gasteiger charge is 2.17. The van der Waals surface area contributed by atoms with Gasteiger partial charge in [-0.25, -0.2) is 4.98 Å². The number of anilines is 3. The number of pyridine rings is 1. The van der Waals surface area contributed by atoms with Gasteiger partial charge in [-0.2, -0.15) is 0 Å². The molecule has 0 aliphatic carbocycles. The number of carbonyl (C=O) groups excluding carboxylic acids is 2. The summed E-state index contributed by atoms with van der Waals surface area (Å²) in [5, 5.41) is 6.01. The van der Waals surface area contributed by atoms with Gasteiger partial charge >= 0.3 is 0 Å². The van der Waals surface area contributed by atoms with Crippen LogP contribution in [0.4, 0.5) is 17.2 Å². The Morgan fingerprint density at radius 2 is 1.64 bits per heavy atom. The molecule has 2 N–H and O–H groups in total. The van der Waals surface area contributed by atoms with E-state index in [-0.39, 0.29) is 11.8 Å². The van der Waals surface area contributed by atoms with Crippen LogP contribution in [0, 0.1) is 0 Å². The second-order valence-electron chi connectivity index (χ2n) is 7.80. The monoisotopic (exact) mass is 463 g/mol. The molecular formula is C25H26ClN5O2. The predicted octanol–water partition coefficient (Wildman–Crippen LogP) is 4.38. The Morgan fingerprint density at radius 3 is 2.30 bits per heavy atom. The number of hydrogen-bond acceptors (Lipinski definition) is 5. The van der Waals surface area contributed by atoms with Crippen molar-refractivity contribution in [3.05, 3.63) is 83.0 Å². The van der Waals surface area contributed by atoms with E-state index in [4.69, 9.17) is 11.6 Å². The number of piperazine rings is 1. The van der Waals surface area contributed by atoms with Gasteiger partial charge in [-0.3, -0.25) is 9.59 Å². The SMILES string of the molecule is CCN1CCN(c2ccc(C(=O)Nc3ccc(Cl)c(NC(=O)c4ccccc4)c3)cn2)CC1. The average molecular weight is 464 g/mol. The zero-order valence-electron chi connectivity index (χ0n) is 18.4. The predicted molar refractivity (Wildman–Crippen MR) is 132 cm³/mol. The van der Waals surface area contributed by atoms with E-state index in [0.29, 0.717) is 27.5 Å². The number of carbonyl (C=O) groups is 2. The normalized spacial score (nSPS) is 14.1. The molecule has 1 aromatic heterocycles. The summed E-state index contributed by atoms with van der Waals surface area (Å²) in [6.07, 6.45) is 1.59. The standard InChI is InChI=1S/C25H26ClN5O2/c1-2-30-12-14-31(15-13-30)23-11-8-19(17-27-23)25(33)28-20-9-10-21(26)22(16-20)29-24(32)18-6-4-3-5-7-18/h3-11,16-17H,2,12-15H2,1H3,(H,28,33)(H,29,32). The van der Waals surface area contributed by atoms with Gasteiger partial charge in [-0.1, -0.05) is 36.7 Å². The van der Waals surface area contributed by atoms with Crippen molar-refractivity contribution in [3.63, 3.8) is 0 Å². The van der Waals surface area contributed by atoms with Gasteiger partial charge in [-0.05, 0) is 49.0 Å². The van der Waals surface area contributed by atoms with E-state index in [2.05, 4.69) is 32.3 Å². The minimum atomic E-state index is -0.285. The van der Waals surface area contributed by atoms with Crippen LogP contribution < -0.4 is 15.5 Å². The third kappa shape index (κ3) is 5.69. The van der Waals surface area contributed by atoms with E-state index in [9.17, 15) is 9.59 Å². The van der Waals surface area contributed by atoms with E-state index in [1.807, 2.05) is 12.1 Å². The summed E-state index contributed by atoms with van der Waals surface area (Å²) in [5.74, 6) is 0.313. The molecule has 0 spiro atoms. The summed E-state index contributed by atoms with van der Waals surface area (Å²) in [6.45, 7) is 7.11. The van der Waals surface area contributed by atoms with Gasteiger partial charge in [0, 0.05) is 43.6 Å². The molecule has 0 unspecified atom stereocenters. The molecule has 0 bridgehead atoms. The molecule has 1 aliphatic heterocycles. The number of rotatable bonds is 6. The lowest BCUT2D eigenvalue weighted by Gasteiger charge is -2.34. The van der Waals surface area contributed by atoms with Crippen molar-refractivity contribution in [2.75, 3.05) is 48.3 Å². The molecule has 0 radical (unpaired) electrons. The molecule has 4 rings (SSSR count). The van der Waals surface area contributed by atoms with E-state index in [1.54, 1.807) is 54.7 Å². The van der Waals surface area contributed by atoms with Crippen LogP contribution in [0.1, 0.15) is 27.6 Å². The largest absolute Gasteiger partial charge is 0.354 e. The molecule has 33 heavy (non-hydrogen) atoms. The van der Waals surface area contributed by atoms with Crippen LogP contribution in [0.3, 0.4) is 0 Å². The molecule has 1 aliphatic rings. The molecule has 7 nitrogen and oxygen atoms in total. The maximum absolute atomic E-state index is 12.7. The molecule has 1 fully saturated rings. The van der Waals surface area contributed by atoms with Crippen LogP contribution in [0.5, 0.6) is 0 Å². The summed E-state index contributed by atoms with van der Waals surface area (Å²) >= 11 is 6.25. The first-order valence-electron chi connectivity index (χ1n) is 10.9. The summed E-state index contributed by atoms with van der Waals surface area (Å²) in [4.78, 5) is 34.3. The van der Waals surface area contributed by atoms with E-state index in [0.717, 1.165) is 38.5 Å². The Labute approximate surface area is 198 Å². The zero-order chi connectivity index (χ0) is 23.2. The van der Waals surface area contributed by atoms with E-state index < -0.39 is 0 Å². The third-order valence-corrected chi connectivity index (χ3v) is 5.99. The highest BCUT2D eigenvalue weighted by molar-refractivity contribution is 6.34. The first-order valence-corrected chi connectivity index (χ1v) is 11.3. The van der Waals surface area contributed by atoms with Crippen LogP contribution in [-0.2, 0) is 0 Å². The van der Waals surface area contributed by atoms with Gasteiger partial charge in [-0.15, -0.1) is 0 Å². The van der Waals surface area contributed by atoms with Gasteiger partial charge in [0.2, 0.25) is 0 Å². The maximum Gasteiger partial charge on any atom is 0.257 e. The molecule has 2 heterocycles. The zero-order valence-corrected chi connectivity index (χ0v) is 19.2. The quantitative estimate of drug-likeness (QED) is 0.567. The van der Waals surface area contributed by atoms with Crippen LogP contribution >= 0.6 is 11.6 Å². The fourth-order valence-corrected chi connectivity index (χ4v) is 3.85. The number of halogens is 1. The number of likely N-dealkylation sites (N-methyl/N-ethyl adjacent to an activating group) is 1. The van der Waals surface area contributed by atoms with Crippen molar-refractivity contribution in [1.82, 2.24) is 9.88 Å². The number of nitrogens with one attached hydrogen (secondary N) is 2. The Hall–Kier alpha value is -3.42. The number of nitrogens with zero attached hydrogens (tertiary/aromatic N) is 3. The van der Waals surface area contributed by atoms with Crippen molar-refractivity contribution in [2.24, 2.45) is 0 Å². The lowest BCUT2D eigenvalue weighted by atomic mass is 10.2. The van der Waals surface area contributed by atoms with Crippen molar-refractivity contribution in [3.8, 4) is 0 Å². The Balaban J connectivity index is 1.40. The topological polar surface area (TPSA) is 77.6 Å². The van der Waals surface area contributed by atoms with Crippen molar-refractivity contribution in [1.29, 1.82) is 0 Å². The van der Waals surface area contributed by atoms with Crippen molar-refractivity contribution in [2.45, 2.75) is 6.92 Å². The van der Waals surface area contributed by atoms with Crippen LogP contribution in [0.25, 0.3) is 0 Å². The lowest BCUT2D eigenvalue weighted by Crippen LogP contribution is -2.46. The summed E-state index contributed by atoms with van der Waals surface area (Å²) < 4.78 is 0. The molecule has 2 aromatic carbocycles. The van der Waals surface area contributed by atoms with Gasteiger partial charge < -0.3 is 20.4 Å². The van der Waals surface area contributed by atoms with E-state index >= 15 is 0 Å². The smallest absolute Gasteiger partial charge is 0.257 e. The van der Waals surface area contributed by atoms with Gasteiger partial charge in [0.25, 0.3) is 11.8 Å².